The molecule has 2 atom stereocenters. The first-order valence-electron chi connectivity index (χ1n) is 11.3. The Hall–Kier alpha value is -5.18. The lowest BCUT2D eigenvalue weighted by Crippen LogP contribution is -2.32. The van der Waals surface area contributed by atoms with E-state index in [1.54, 1.807) is 6.92 Å². The van der Waals surface area contributed by atoms with E-state index in [-0.39, 0.29) is 34.7 Å². The molecule has 1 saturated heterocycles. The number of carbonyl (C=O) groups is 2. The molecule has 15 heteroatoms. The minimum Gasteiger partial charge on any atom is -0.459 e. The number of rotatable bonds is 7. The first-order valence-corrected chi connectivity index (χ1v) is 11.3. The molecule has 1 aliphatic rings. The molecule has 4 rings (SSSR count). The van der Waals surface area contributed by atoms with Crippen LogP contribution in [-0.4, -0.2) is 57.2 Å². The van der Waals surface area contributed by atoms with Crippen LogP contribution in [-0.2, 0) is 14.2 Å². The minimum absolute atomic E-state index is 0.137. The van der Waals surface area contributed by atoms with Crippen LogP contribution >= 0.6 is 0 Å². The predicted molar refractivity (Wildman–Crippen MR) is 132 cm³/mol. The highest BCUT2D eigenvalue weighted by Crippen LogP contribution is 2.21. The Labute approximate surface area is 218 Å². The lowest BCUT2D eigenvalue weighted by molar-refractivity contribution is -0.385. The fourth-order valence-corrected chi connectivity index (χ4v) is 3.28. The fraction of sp³-hybridized carbons (Fsp3) is 0.250. The largest absolute Gasteiger partial charge is 0.459 e. The van der Waals surface area contributed by atoms with E-state index in [9.17, 15) is 39.4 Å². The second kappa shape index (κ2) is 12.9. The lowest BCUT2D eigenvalue weighted by atomic mass is 10.1. The molecule has 1 aliphatic heterocycles. The molecule has 15 nitrogen and oxygen atoms in total. The van der Waals surface area contributed by atoms with Crippen molar-refractivity contribution in [1.29, 1.82) is 0 Å². The molecule has 0 radical (unpaired) electrons. The molecule has 3 aromatic rings. The van der Waals surface area contributed by atoms with Gasteiger partial charge in [0.15, 0.2) is 0 Å². The highest BCUT2D eigenvalue weighted by molar-refractivity contribution is 5.90. The number of aryl methyl sites for hydroxylation is 1. The van der Waals surface area contributed by atoms with Gasteiger partial charge in [0.25, 0.3) is 16.9 Å². The molecular formula is C24H22N4O11. The summed E-state index contributed by atoms with van der Waals surface area (Å²) in [5.41, 5.74) is -0.304. The van der Waals surface area contributed by atoms with Gasteiger partial charge in [0.2, 0.25) is 0 Å². The number of ether oxygens (including phenoxy) is 3. The quantitative estimate of drug-likeness (QED) is 0.250. The third-order valence-electron chi connectivity index (χ3n) is 5.42. The summed E-state index contributed by atoms with van der Waals surface area (Å²) in [6.45, 7) is 1.75. The number of esters is 2. The van der Waals surface area contributed by atoms with Crippen molar-refractivity contribution in [3.63, 3.8) is 0 Å². The summed E-state index contributed by atoms with van der Waals surface area (Å²) < 4.78 is 16.0. The molecule has 2 unspecified atom stereocenters. The van der Waals surface area contributed by atoms with Crippen molar-refractivity contribution in [2.45, 2.75) is 25.6 Å². The highest BCUT2D eigenvalue weighted by atomic mass is 16.6. The van der Waals surface area contributed by atoms with Gasteiger partial charge in [-0.1, -0.05) is 0 Å². The molecule has 2 heterocycles. The van der Waals surface area contributed by atoms with E-state index < -0.39 is 39.7 Å². The number of benzene rings is 2. The van der Waals surface area contributed by atoms with E-state index >= 15 is 0 Å². The van der Waals surface area contributed by atoms with E-state index in [0.29, 0.717) is 18.6 Å². The van der Waals surface area contributed by atoms with Gasteiger partial charge in [-0.25, -0.2) is 14.4 Å². The summed E-state index contributed by atoms with van der Waals surface area (Å²) in [6.07, 6.45) is 0.450. The number of nitro benzene ring substituents is 2. The van der Waals surface area contributed by atoms with Gasteiger partial charge in [-0.15, -0.1) is 0 Å². The van der Waals surface area contributed by atoms with Gasteiger partial charge in [-0.3, -0.25) is 30.0 Å². The van der Waals surface area contributed by atoms with E-state index in [1.807, 2.05) is 0 Å². The maximum Gasteiger partial charge on any atom is 0.338 e. The van der Waals surface area contributed by atoms with Crippen molar-refractivity contribution in [2.75, 3.05) is 13.2 Å². The number of aromatic nitrogens is 2. The van der Waals surface area contributed by atoms with Crippen molar-refractivity contribution in [3.05, 3.63) is 112 Å². The molecule has 0 bridgehead atoms. The van der Waals surface area contributed by atoms with Gasteiger partial charge < -0.3 is 19.2 Å². The second-order valence-corrected chi connectivity index (χ2v) is 8.10. The van der Waals surface area contributed by atoms with Crippen molar-refractivity contribution in [3.8, 4) is 0 Å². The molecule has 0 amide bonds. The van der Waals surface area contributed by atoms with E-state index in [2.05, 4.69) is 9.97 Å². The van der Waals surface area contributed by atoms with Crippen molar-refractivity contribution in [2.24, 2.45) is 0 Å². The summed E-state index contributed by atoms with van der Waals surface area (Å²) in [7, 11) is 0. The van der Waals surface area contributed by atoms with Crippen molar-refractivity contribution >= 4 is 23.3 Å². The van der Waals surface area contributed by atoms with Gasteiger partial charge in [0.05, 0.1) is 27.6 Å². The molecule has 0 aliphatic carbocycles. The predicted octanol–water partition coefficient (Wildman–Crippen LogP) is 2.05. The standard InChI is InChI=1S/C19H16N2O9.C5H6N2O2/c22-18(12-1-5-14(6-2-12)20(24)25)29-11-17-16(9-10-28-17)30-19(23)13-3-7-15(8-4-13)21(26)27;1-3-2-6-5(9)7-4(3)8/h1-8,16-17H,9-11H2;2H,1H3,(H2,6,7,8,9). The molecule has 39 heavy (non-hydrogen) atoms. The van der Waals surface area contributed by atoms with Crippen LogP contribution in [0.5, 0.6) is 0 Å². The van der Waals surface area contributed by atoms with Crippen LogP contribution in [0.3, 0.4) is 0 Å². The first-order chi connectivity index (χ1) is 18.5. The van der Waals surface area contributed by atoms with Gasteiger partial charge in [0.1, 0.15) is 18.8 Å². The maximum absolute atomic E-state index is 12.3. The number of nitrogens with zero attached hydrogens (tertiary/aromatic N) is 2. The van der Waals surface area contributed by atoms with Crippen LogP contribution in [0.2, 0.25) is 0 Å². The normalized spacial score (nSPS) is 15.9. The average molecular weight is 542 g/mol. The fourth-order valence-electron chi connectivity index (χ4n) is 3.28. The number of H-pyrrole nitrogens is 2. The zero-order valence-corrected chi connectivity index (χ0v) is 20.4. The Balaban J connectivity index is 0.000000395. The number of nitro groups is 2. The van der Waals surface area contributed by atoms with Crippen molar-refractivity contribution < 1.29 is 33.6 Å². The lowest BCUT2D eigenvalue weighted by Gasteiger charge is -2.19. The van der Waals surface area contributed by atoms with E-state index in [1.165, 1.54) is 54.7 Å². The minimum atomic E-state index is -0.694. The Morgan fingerprint density at radius 3 is 1.97 bits per heavy atom. The topological polar surface area (TPSA) is 214 Å². The summed E-state index contributed by atoms with van der Waals surface area (Å²) >= 11 is 0. The summed E-state index contributed by atoms with van der Waals surface area (Å²) in [5, 5.41) is 21.3. The Morgan fingerprint density at radius 2 is 1.49 bits per heavy atom. The highest BCUT2D eigenvalue weighted by Gasteiger charge is 2.33. The number of hydrogen-bond donors (Lipinski definition) is 2. The molecular weight excluding hydrogens is 520 g/mol. The second-order valence-electron chi connectivity index (χ2n) is 8.10. The average Bonchev–Trinajstić information content (AvgIpc) is 3.36. The number of carbonyl (C=O) groups excluding carboxylic acids is 2. The summed E-state index contributed by atoms with van der Waals surface area (Å²) in [5.74, 6) is -1.37. The molecule has 2 N–H and O–H groups in total. The smallest absolute Gasteiger partial charge is 0.338 e. The zero-order chi connectivity index (χ0) is 28.5. The van der Waals surface area contributed by atoms with Crippen molar-refractivity contribution in [1.82, 2.24) is 9.97 Å². The third-order valence-corrected chi connectivity index (χ3v) is 5.42. The Morgan fingerprint density at radius 1 is 0.949 bits per heavy atom. The number of aromatic amines is 2. The summed E-state index contributed by atoms with van der Waals surface area (Å²) in [4.78, 5) is 69.9. The molecule has 1 aromatic heterocycles. The maximum atomic E-state index is 12.3. The molecule has 0 saturated carbocycles. The monoisotopic (exact) mass is 542 g/mol. The summed E-state index contributed by atoms with van der Waals surface area (Å²) in [6, 6.07) is 9.93. The number of non-ortho nitro benzene ring substituents is 2. The molecule has 0 spiro atoms. The van der Waals surface area contributed by atoms with Crippen LogP contribution in [0, 0.1) is 27.2 Å². The van der Waals surface area contributed by atoms with E-state index in [4.69, 9.17) is 14.2 Å². The first kappa shape index (κ1) is 28.4. The van der Waals surface area contributed by atoms with Crippen LogP contribution in [0.15, 0.2) is 64.3 Å². The van der Waals surface area contributed by atoms with Gasteiger partial charge in [0, 0.05) is 42.4 Å². The van der Waals surface area contributed by atoms with Crippen LogP contribution in [0.25, 0.3) is 0 Å². The Bertz CT molecular complexity index is 1460. The number of nitrogens with one attached hydrogen (secondary N) is 2. The molecule has 2 aromatic carbocycles. The van der Waals surface area contributed by atoms with Crippen LogP contribution in [0.1, 0.15) is 32.7 Å². The van der Waals surface area contributed by atoms with Gasteiger partial charge >= 0.3 is 17.6 Å². The zero-order valence-electron chi connectivity index (χ0n) is 20.4. The Kier molecular flexibility index (Phi) is 9.37. The molecule has 204 valence electrons. The van der Waals surface area contributed by atoms with Gasteiger partial charge in [-0.05, 0) is 31.2 Å². The number of hydrogen-bond acceptors (Lipinski definition) is 11. The SMILES string of the molecule is Cc1c[nH]c(=O)[nH]c1=O.O=C(OCC1OCCC1OC(=O)c1ccc([N+](=O)[O-])cc1)c1ccc([N+](=O)[O-])cc1. The molecule has 1 fully saturated rings. The van der Waals surface area contributed by atoms with Crippen LogP contribution < -0.4 is 11.2 Å². The van der Waals surface area contributed by atoms with Gasteiger partial charge in [-0.2, -0.15) is 0 Å². The third kappa shape index (κ3) is 7.90. The van der Waals surface area contributed by atoms with E-state index in [0.717, 1.165) is 0 Å². The van der Waals surface area contributed by atoms with Crippen LogP contribution in [0.4, 0.5) is 11.4 Å².